The number of carbonyl (C=O) groups excluding carboxylic acids is 1. The second-order valence-corrected chi connectivity index (χ2v) is 4.01. The van der Waals surface area contributed by atoms with E-state index in [1.165, 1.54) is 0 Å². The third-order valence-electron chi connectivity index (χ3n) is 2.83. The molecular weight excluding hydrogens is 206 g/mol. The van der Waals surface area contributed by atoms with E-state index in [1.54, 1.807) is 7.11 Å². The van der Waals surface area contributed by atoms with Gasteiger partial charge in [0.05, 0.1) is 25.1 Å². The van der Waals surface area contributed by atoms with Crippen molar-refractivity contribution in [2.24, 2.45) is 0 Å². The van der Waals surface area contributed by atoms with Crippen LogP contribution in [0.4, 0.5) is 0 Å². The Labute approximate surface area is 96.2 Å². The summed E-state index contributed by atoms with van der Waals surface area (Å²) in [6.45, 7) is 0.759. The SMILES string of the molecule is COC1CCC(NCC(=O)NCCC#N)C1. The Morgan fingerprint density at radius 2 is 2.38 bits per heavy atom. The lowest BCUT2D eigenvalue weighted by Gasteiger charge is -2.12. The number of nitriles is 1. The highest BCUT2D eigenvalue weighted by molar-refractivity contribution is 5.77. The number of amides is 1. The van der Waals surface area contributed by atoms with Crippen molar-refractivity contribution in [2.45, 2.75) is 37.8 Å². The number of hydrogen-bond acceptors (Lipinski definition) is 4. The highest BCUT2D eigenvalue weighted by atomic mass is 16.5. The van der Waals surface area contributed by atoms with E-state index < -0.39 is 0 Å². The number of nitrogens with zero attached hydrogens (tertiary/aromatic N) is 1. The predicted octanol–water partition coefficient (Wildman–Crippen LogP) is 0.173. The molecular formula is C11H19N3O2. The normalized spacial score (nSPS) is 24.0. The molecule has 1 amide bonds. The molecule has 2 N–H and O–H groups in total. The van der Waals surface area contributed by atoms with Crippen LogP contribution in [0.15, 0.2) is 0 Å². The van der Waals surface area contributed by atoms with Gasteiger partial charge in [0.2, 0.25) is 5.91 Å². The number of ether oxygens (including phenoxy) is 1. The summed E-state index contributed by atoms with van der Waals surface area (Å²) in [5.41, 5.74) is 0. The summed E-state index contributed by atoms with van der Waals surface area (Å²) in [5, 5.41) is 14.2. The lowest BCUT2D eigenvalue weighted by Crippen LogP contribution is -2.38. The summed E-state index contributed by atoms with van der Waals surface area (Å²) in [6, 6.07) is 2.36. The summed E-state index contributed by atoms with van der Waals surface area (Å²) in [4.78, 5) is 11.3. The number of hydrogen-bond donors (Lipinski definition) is 2. The van der Waals surface area contributed by atoms with Crippen molar-refractivity contribution in [3.8, 4) is 6.07 Å². The molecule has 0 spiro atoms. The Morgan fingerprint density at radius 3 is 3.00 bits per heavy atom. The van der Waals surface area contributed by atoms with Crippen LogP contribution >= 0.6 is 0 Å². The first-order valence-electron chi connectivity index (χ1n) is 5.66. The number of carbonyl (C=O) groups is 1. The molecule has 90 valence electrons. The minimum absolute atomic E-state index is 0.0453. The number of methoxy groups -OCH3 is 1. The standard InChI is InChI=1S/C11H19N3O2/c1-16-10-4-3-9(7-10)14-8-11(15)13-6-2-5-12/h9-10,14H,2-4,6-8H2,1H3,(H,13,15). The van der Waals surface area contributed by atoms with Gasteiger partial charge in [0.25, 0.3) is 0 Å². The molecule has 16 heavy (non-hydrogen) atoms. The van der Waals surface area contributed by atoms with Gasteiger partial charge in [-0.1, -0.05) is 0 Å². The molecule has 5 heteroatoms. The van der Waals surface area contributed by atoms with E-state index in [2.05, 4.69) is 10.6 Å². The average molecular weight is 225 g/mol. The second-order valence-electron chi connectivity index (χ2n) is 4.01. The zero-order chi connectivity index (χ0) is 11.8. The van der Waals surface area contributed by atoms with E-state index in [1.807, 2.05) is 6.07 Å². The minimum atomic E-state index is -0.0453. The van der Waals surface area contributed by atoms with Crippen LogP contribution in [-0.2, 0) is 9.53 Å². The van der Waals surface area contributed by atoms with E-state index in [0.29, 0.717) is 31.7 Å². The van der Waals surface area contributed by atoms with Crippen LogP contribution < -0.4 is 10.6 Å². The van der Waals surface area contributed by atoms with Crippen LogP contribution in [0, 0.1) is 11.3 Å². The quantitative estimate of drug-likeness (QED) is 0.632. The molecule has 0 radical (unpaired) electrons. The number of nitrogens with one attached hydrogen (secondary N) is 2. The fourth-order valence-corrected chi connectivity index (χ4v) is 1.90. The third kappa shape index (κ3) is 4.60. The molecule has 0 aromatic carbocycles. The van der Waals surface area contributed by atoms with Gasteiger partial charge in [-0.25, -0.2) is 0 Å². The van der Waals surface area contributed by atoms with E-state index in [9.17, 15) is 4.79 Å². The third-order valence-corrected chi connectivity index (χ3v) is 2.83. The van der Waals surface area contributed by atoms with Gasteiger partial charge >= 0.3 is 0 Å². The van der Waals surface area contributed by atoms with Gasteiger partial charge in [0, 0.05) is 19.7 Å². The van der Waals surface area contributed by atoms with Crippen molar-refractivity contribution in [2.75, 3.05) is 20.2 Å². The first kappa shape index (κ1) is 12.9. The Morgan fingerprint density at radius 1 is 1.56 bits per heavy atom. The average Bonchev–Trinajstić information content (AvgIpc) is 2.74. The zero-order valence-corrected chi connectivity index (χ0v) is 9.66. The van der Waals surface area contributed by atoms with Gasteiger partial charge in [-0.3, -0.25) is 4.79 Å². The van der Waals surface area contributed by atoms with Gasteiger partial charge in [-0.2, -0.15) is 5.26 Å². The van der Waals surface area contributed by atoms with Gasteiger partial charge in [0.15, 0.2) is 0 Å². The molecule has 0 saturated heterocycles. The van der Waals surface area contributed by atoms with Crippen LogP contribution in [0.5, 0.6) is 0 Å². The Hall–Kier alpha value is -1.12. The molecule has 0 aromatic heterocycles. The maximum absolute atomic E-state index is 11.3. The largest absolute Gasteiger partial charge is 0.381 e. The van der Waals surface area contributed by atoms with Crippen molar-refractivity contribution < 1.29 is 9.53 Å². The van der Waals surface area contributed by atoms with Gasteiger partial charge in [0.1, 0.15) is 0 Å². The lowest BCUT2D eigenvalue weighted by molar-refractivity contribution is -0.120. The van der Waals surface area contributed by atoms with E-state index >= 15 is 0 Å². The Balaban J connectivity index is 2.06. The van der Waals surface area contributed by atoms with E-state index in [0.717, 1.165) is 19.3 Å². The molecule has 0 bridgehead atoms. The summed E-state index contributed by atoms with van der Waals surface area (Å²) in [6.07, 6.45) is 3.79. The maximum atomic E-state index is 11.3. The van der Waals surface area contributed by atoms with Crippen LogP contribution in [0.25, 0.3) is 0 Å². The van der Waals surface area contributed by atoms with Crippen molar-refractivity contribution in [3.63, 3.8) is 0 Å². The molecule has 0 aliphatic heterocycles. The molecule has 5 nitrogen and oxygen atoms in total. The molecule has 0 heterocycles. The molecule has 1 aliphatic rings. The van der Waals surface area contributed by atoms with Gasteiger partial charge in [-0.05, 0) is 19.3 Å². The molecule has 1 saturated carbocycles. The van der Waals surface area contributed by atoms with Crippen LogP contribution in [-0.4, -0.2) is 38.3 Å². The molecule has 1 fully saturated rings. The number of rotatable bonds is 6. The van der Waals surface area contributed by atoms with Crippen molar-refractivity contribution in [1.82, 2.24) is 10.6 Å². The lowest BCUT2D eigenvalue weighted by atomic mass is 10.2. The van der Waals surface area contributed by atoms with Gasteiger partial charge in [-0.15, -0.1) is 0 Å². The van der Waals surface area contributed by atoms with Crippen molar-refractivity contribution in [3.05, 3.63) is 0 Å². The summed E-state index contributed by atoms with van der Waals surface area (Å²) >= 11 is 0. The van der Waals surface area contributed by atoms with Crippen LogP contribution in [0.1, 0.15) is 25.7 Å². The molecule has 2 unspecified atom stereocenters. The Bertz CT molecular complexity index is 262. The highest BCUT2D eigenvalue weighted by Gasteiger charge is 2.24. The van der Waals surface area contributed by atoms with Crippen molar-refractivity contribution >= 4 is 5.91 Å². The fourth-order valence-electron chi connectivity index (χ4n) is 1.90. The zero-order valence-electron chi connectivity index (χ0n) is 9.66. The monoisotopic (exact) mass is 225 g/mol. The topological polar surface area (TPSA) is 74.2 Å². The molecule has 0 aromatic rings. The second kappa shape index (κ2) is 7.20. The fraction of sp³-hybridized carbons (Fsp3) is 0.818. The van der Waals surface area contributed by atoms with Crippen LogP contribution in [0.2, 0.25) is 0 Å². The summed E-state index contributed by atoms with van der Waals surface area (Å²) in [5.74, 6) is -0.0453. The minimum Gasteiger partial charge on any atom is -0.381 e. The Kier molecular flexibility index (Phi) is 5.83. The first-order chi connectivity index (χ1) is 7.76. The van der Waals surface area contributed by atoms with E-state index in [4.69, 9.17) is 10.00 Å². The smallest absolute Gasteiger partial charge is 0.233 e. The molecule has 1 aliphatic carbocycles. The summed E-state index contributed by atoms with van der Waals surface area (Å²) in [7, 11) is 1.72. The molecule has 2 atom stereocenters. The van der Waals surface area contributed by atoms with Crippen LogP contribution in [0.3, 0.4) is 0 Å². The van der Waals surface area contributed by atoms with Crippen molar-refractivity contribution in [1.29, 1.82) is 5.26 Å². The highest BCUT2D eigenvalue weighted by Crippen LogP contribution is 2.20. The predicted molar refractivity (Wildman–Crippen MR) is 59.7 cm³/mol. The first-order valence-corrected chi connectivity index (χ1v) is 5.66. The summed E-state index contributed by atoms with van der Waals surface area (Å²) < 4.78 is 5.25. The van der Waals surface area contributed by atoms with Gasteiger partial charge < -0.3 is 15.4 Å². The van der Waals surface area contributed by atoms with E-state index in [-0.39, 0.29) is 5.91 Å². The molecule has 1 rings (SSSR count). The maximum Gasteiger partial charge on any atom is 0.233 e.